The van der Waals surface area contributed by atoms with Gasteiger partial charge < -0.3 is 4.57 Å². The fraction of sp³-hybridized carbons (Fsp3) is 0.300. The molecule has 6 nitrogen and oxygen atoms in total. The molecule has 3 aromatic carbocycles. The summed E-state index contributed by atoms with van der Waals surface area (Å²) in [6.45, 7) is 3.24. The summed E-state index contributed by atoms with van der Waals surface area (Å²) in [6.07, 6.45) is 4.02. The van der Waals surface area contributed by atoms with Crippen molar-refractivity contribution in [3.05, 3.63) is 95.4 Å². The number of hydrogen-bond donors (Lipinski definition) is 0. The minimum absolute atomic E-state index is 0.00933. The number of amides is 1. The maximum atomic E-state index is 14.0. The number of carbonyl (C=O) groups is 1. The molecule has 0 bridgehead atoms. The summed E-state index contributed by atoms with van der Waals surface area (Å²) in [5.74, 6) is 2.53. The molecule has 36 heavy (non-hydrogen) atoms. The number of guanidine groups is 1. The van der Waals surface area contributed by atoms with Crippen LogP contribution in [0.1, 0.15) is 53.6 Å². The van der Waals surface area contributed by atoms with E-state index in [2.05, 4.69) is 76.2 Å². The lowest BCUT2D eigenvalue weighted by molar-refractivity contribution is 0.0835. The van der Waals surface area contributed by atoms with Crippen molar-refractivity contribution in [3.8, 4) is 0 Å². The normalized spacial score (nSPS) is 20.5. The largest absolute Gasteiger partial charge is 0.317 e. The van der Waals surface area contributed by atoms with Crippen LogP contribution in [0, 0.1) is 0 Å². The molecule has 3 aliphatic rings. The van der Waals surface area contributed by atoms with Crippen LogP contribution in [0.15, 0.2) is 77.8 Å². The number of fused-ring (bicyclic) bond motifs is 6. The van der Waals surface area contributed by atoms with Crippen molar-refractivity contribution >= 4 is 28.5 Å². The molecule has 7 rings (SSSR count). The first-order valence-corrected chi connectivity index (χ1v) is 13.0. The van der Waals surface area contributed by atoms with Crippen molar-refractivity contribution in [2.24, 2.45) is 4.99 Å². The van der Waals surface area contributed by atoms with Crippen LogP contribution in [-0.4, -0.2) is 44.9 Å². The Bertz CT molecular complexity index is 1500. The predicted molar refractivity (Wildman–Crippen MR) is 143 cm³/mol. The van der Waals surface area contributed by atoms with E-state index in [1.54, 1.807) is 0 Å². The van der Waals surface area contributed by atoms with Crippen LogP contribution in [0.2, 0.25) is 0 Å². The SMILES string of the molecule is CCN1C(=O)c2c(nc(Cc3ccccc3)n2Cc2ccc3ccccc3c2)N2C1=N[C@@H]1CCC[C@@H]12. The molecular formula is C30H29N5O. The van der Waals surface area contributed by atoms with Crippen LogP contribution in [0.25, 0.3) is 10.8 Å². The maximum Gasteiger partial charge on any atom is 0.281 e. The average Bonchev–Trinajstić information content (AvgIpc) is 3.59. The van der Waals surface area contributed by atoms with Gasteiger partial charge in [-0.1, -0.05) is 66.7 Å². The number of nitrogens with zero attached hydrogens (tertiary/aromatic N) is 5. The van der Waals surface area contributed by atoms with Crippen LogP contribution in [0.3, 0.4) is 0 Å². The van der Waals surface area contributed by atoms with Crippen LogP contribution < -0.4 is 4.90 Å². The summed E-state index contributed by atoms with van der Waals surface area (Å²) in [4.78, 5) is 28.3. The van der Waals surface area contributed by atoms with Crippen molar-refractivity contribution < 1.29 is 4.79 Å². The molecule has 6 heteroatoms. The van der Waals surface area contributed by atoms with E-state index in [9.17, 15) is 4.79 Å². The van der Waals surface area contributed by atoms with E-state index < -0.39 is 0 Å². The molecule has 0 N–H and O–H groups in total. The summed E-state index contributed by atoms with van der Waals surface area (Å²) in [5, 5.41) is 2.43. The van der Waals surface area contributed by atoms with E-state index in [4.69, 9.17) is 9.98 Å². The lowest BCUT2D eigenvalue weighted by atomic mass is 10.1. The fourth-order valence-corrected chi connectivity index (χ4v) is 6.15. The van der Waals surface area contributed by atoms with Gasteiger partial charge in [0.15, 0.2) is 11.5 Å². The van der Waals surface area contributed by atoms with Crippen LogP contribution >= 0.6 is 0 Å². The molecule has 1 aromatic heterocycles. The van der Waals surface area contributed by atoms with E-state index in [-0.39, 0.29) is 11.9 Å². The average molecular weight is 476 g/mol. The Kier molecular flexibility index (Phi) is 4.94. The zero-order chi connectivity index (χ0) is 24.2. The van der Waals surface area contributed by atoms with Gasteiger partial charge in [-0.3, -0.25) is 14.6 Å². The summed E-state index contributed by atoms with van der Waals surface area (Å²) in [7, 11) is 0. The Hall–Kier alpha value is -3.93. The number of anilines is 1. The van der Waals surface area contributed by atoms with Gasteiger partial charge in [0.2, 0.25) is 5.96 Å². The highest BCUT2D eigenvalue weighted by molar-refractivity contribution is 6.18. The molecule has 0 saturated heterocycles. The number of hydrogen-bond acceptors (Lipinski definition) is 4. The molecule has 180 valence electrons. The van der Waals surface area contributed by atoms with E-state index in [0.717, 1.165) is 30.4 Å². The third kappa shape index (κ3) is 3.28. The van der Waals surface area contributed by atoms with Crippen molar-refractivity contribution in [1.82, 2.24) is 14.5 Å². The first kappa shape index (κ1) is 21.4. The molecule has 3 heterocycles. The van der Waals surface area contributed by atoms with Gasteiger partial charge in [-0.05, 0) is 54.2 Å². The Morgan fingerprint density at radius 3 is 2.56 bits per heavy atom. The second kappa shape index (κ2) is 8.33. The van der Waals surface area contributed by atoms with Gasteiger partial charge in [0.1, 0.15) is 5.82 Å². The molecular weight excluding hydrogens is 446 g/mol. The topological polar surface area (TPSA) is 53.7 Å². The standard InChI is InChI=1S/C30H29N5O/c1-2-33-29(36)27-28(35-25-14-8-13-24(25)31-30(33)35)32-26(18-20-9-4-3-5-10-20)34(27)19-21-15-16-22-11-6-7-12-23(22)17-21/h3-7,9-12,15-17,24-25H,2,8,13-14,18-19H2,1H3/t24-,25+/m1/s1. The number of carbonyl (C=O) groups excluding carboxylic acids is 1. The highest BCUT2D eigenvalue weighted by atomic mass is 16.2. The van der Waals surface area contributed by atoms with Gasteiger partial charge in [-0.2, -0.15) is 0 Å². The second-order valence-corrected chi connectivity index (χ2v) is 10.0. The van der Waals surface area contributed by atoms with Gasteiger partial charge in [-0.15, -0.1) is 0 Å². The molecule has 2 aliphatic heterocycles. The van der Waals surface area contributed by atoms with Gasteiger partial charge in [-0.25, -0.2) is 9.98 Å². The Balaban J connectivity index is 1.38. The van der Waals surface area contributed by atoms with Crippen LogP contribution in [0.4, 0.5) is 5.82 Å². The monoisotopic (exact) mass is 475 g/mol. The van der Waals surface area contributed by atoms with E-state index in [0.29, 0.717) is 31.2 Å². The number of rotatable bonds is 5. The lowest BCUT2D eigenvalue weighted by Gasteiger charge is -2.35. The molecule has 0 spiro atoms. The Morgan fingerprint density at radius 1 is 0.917 bits per heavy atom. The minimum Gasteiger partial charge on any atom is -0.317 e. The molecule has 1 aliphatic carbocycles. The van der Waals surface area contributed by atoms with E-state index in [1.165, 1.54) is 28.3 Å². The number of imidazole rings is 1. The number of aliphatic imine (C=N–C) groups is 1. The van der Waals surface area contributed by atoms with Crippen molar-refractivity contribution in [2.45, 2.75) is 51.2 Å². The van der Waals surface area contributed by atoms with Crippen molar-refractivity contribution in [3.63, 3.8) is 0 Å². The second-order valence-electron chi connectivity index (χ2n) is 10.0. The predicted octanol–water partition coefficient (Wildman–Crippen LogP) is 5.25. The van der Waals surface area contributed by atoms with Crippen LogP contribution in [0.5, 0.6) is 0 Å². The molecule has 4 aromatic rings. The van der Waals surface area contributed by atoms with Gasteiger partial charge in [0.25, 0.3) is 5.91 Å². The summed E-state index contributed by atoms with van der Waals surface area (Å²) in [5.41, 5.74) is 3.05. The van der Waals surface area contributed by atoms with Crippen molar-refractivity contribution in [1.29, 1.82) is 0 Å². The van der Waals surface area contributed by atoms with E-state index in [1.807, 2.05) is 17.9 Å². The first-order chi connectivity index (χ1) is 17.7. The highest BCUT2D eigenvalue weighted by Crippen LogP contribution is 2.41. The van der Waals surface area contributed by atoms with Crippen LogP contribution in [-0.2, 0) is 13.0 Å². The molecule has 0 radical (unpaired) electrons. The zero-order valence-electron chi connectivity index (χ0n) is 20.5. The zero-order valence-corrected chi connectivity index (χ0v) is 20.5. The Labute approximate surface area is 210 Å². The van der Waals surface area contributed by atoms with Gasteiger partial charge in [0.05, 0.1) is 12.1 Å². The summed E-state index contributed by atoms with van der Waals surface area (Å²) < 4.78 is 2.16. The lowest BCUT2D eigenvalue weighted by Crippen LogP contribution is -2.53. The quantitative estimate of drug-likeness (QED) is 0.396. The third-order valence-corrected chi connectivity index (χ3v) is 7.89. The summed E-state index contributed by atoms with van der Waals surface area (Å²) >= 11 is 0. The smallest absolute Gasteiger partial charge is 0.281 e. The third-order valence-electron chi connectivity index (χ3n) is 7.89. The molecule has 1 fully saturated rings. The molecule has 1 amide bonds. The molecule has 2 atom stereocenters. The van der Waals surface area contributed by atoms with Gasteiger partial charge >= 0.3 is 0 Å². The molecule has 1 saturated carbocycles. The van der Waals surface area contributed by atoms with E-state index >= 15 is 0 Å². The number of aromatic nitrogens is 2. The highest BCUT2D eigenvalue weighted by Gasteiger charge is 2.49. The van der Waals surface area contributed by atoms with Crippen molar-refractivity contribution in [2.75, 3.05) is 11.4 Å². The number of benzene rings is 3. The maximum absolute atomic E-state index is 14.0. The summed E-state index contributed by atoms with van der Waals surface area (Å²) in [6, 6.07) is 25.9. The minimum atomic E-state index is 0.00933. The molecule has 0 unspecified atom stereocenters. The van der Waals surface area contributed by atoms with Gasteiger partial charge in [0, 0.05) is 19.5 Å². The fourth-order valence-electron chi connectivity index (χ4n) is 6.15. The Morgan fingerprint density at radius 2 is 1.72 bits per heavy atom. The first-order valence-electron chi connectivity index (χ1n) is 13.0.